The fourth-order valence-electron chi connectivity index (χ4n) is 2.01. The highest BCUT2D eigenvalue weighted by Crippen LogP contribution is 2.12. The van der Waals surface area contributed by atoms with Crippen molar-refractivity contribution in [1.29, 1.82) is 0 Å². The second kappa shape index (κ2) is 5.84. The molecule has 0 radical (unpaired) electrons. The molecule has 1 fully saturated rings. The number of nitrogens with one attached hydrogen (secondary N) is 2. The number of imide groups is 1. The smallest absolute Gasteiger partial charge is 0.322 e. The van der Waals surface area contributed by atoms with Crippen molar-refractivity contribution in [2.75, 3.05) is 7.05 Å². The molecule has 0 spiro atoms. The molecule has 0 bridgehead atoms. The summed E-state index contributed by atoms with van der Waals surface area (Å²) < 4.78 is 0. The molecule has 4 amide bonds. The lowest BCUT2D eigenvalue weighted by molar-refractivity contribution is -0.134. The van der Waals surface area contributed by atoms with Crippen LogP contribution in [0.5, 0.6) is 0 Å². The molecule has 1 heterocycles. The molecule has 102 valence electrons. The van der Waals surface area contributed by atoms with Crippen molar-refractivity contribution in [1.82, 2.24) is 15.5 Å². The van der Waals surface area contributed by atoms with Gasteiger partial charge in [-0.05, 0) is 19.3 Å². The van der Waals surface area contributed by atoms with Gasteiger partial charge in [0.1, 0.15) is 6.04 Å². The van der Waals surface area contributed by atoms with Gasteiger partial charge in [-0.15, -0.1) is 0 Å². The lowest BCUT2D eigenvalue weighted by atomic mass is 10.0. The lowest BCUT2D eigenvalue weighted by Crippen LogP contribution is -2.41. The highest BCUT2D eigenvalue weighted by atomic mass is 16.2. The average Bonchev–Trinajstić information content (AvgIpc) is 2.55. The fourth-order valence-corrected chi connectivity index (χ4v) is 2.01. The van der Waals surface area contributed by atoms with E-state index in [4.69, 9.17) is 0 Å². The molecule has 1 aliphatic heterocycles. The van der Waals surface area contributed by atoms with E-state index in [1.54, 1.807) is 11.9 Å². The molecule has 0 aromatic rings. The zero-order chi connectivity index (χ0) is 13.9. The molecule has 0 aliphatic carbocycles. The maximum Gasteiger partial charge on any atom is 0.322 e. The summed E-state index contributed by atoms with van der Waals surface area (Å²) in [5.41, 5.74) is 0. The first-order chi connectivity index (χ1) is 8.31. The Balaban J connectivity index is 2.49. The lowest BCUT2D eigenvalue weighted by Gasteiger charge is -2.27. The van der Waals surface area contributed by atoms with Gasteiger partial charge in [0, 0.05) is 13.1 Å². The number of amides is 4. The molecule has 6 nitrogen and oxygen atoms in total. The summed E-state index contributed by atoms with van der Waals surface area (Å²) in [7, 11) is 1.73. The third-order valence-electron chi connectivity index (χ3n) is 3.10. The van der Waals surface area contributed by atoms with E-state index in [0.717, 1.165) is 6.42 Å². The second-order valence-corrected chi connectivity index (χ2v) is 5.20. The van der Waals surface area contributed by atoms with Crippen LogP contribution in [0.4, 0.5) is 4.79 Å². The number of nitrogens with zero attached hydrogens (tertiary/aromatic N) is 1. The Kier molecular flexibility index (Phi) is 4.69. The Morgan fingerprint density at radius 3 is 2.39 bits per heavy atom. The Bertz CT molecular complexity index is 354. The number of carbonyl (C=O) groups is 3. The third kappa shape index (κ3) is 3.72. The predicted octanol–water partition coefficient (Wildman–Crippen LogP) is 0.477. The molecule has 18 heavy (non-hydrogen) atoms. The number of hydrogen-bond acceptors (Lipinski definition) is 3. The van der Waals surface area contributed by atoms with Crippen LogP contribution in [0.2, 0.25) is 0 Å². The van der Waals surface area contributed by atoms with Crippen LogP contribution in [0.1, 0.15) is 33.6 Å². The summed E-state index contributed by atoms with van der Waals surface area (Å²) in [6.45, 7) is 6.17. The fraction of sp³-hybridized carbons (Fsp3) is 0.750. The minimum atomic E-state index is -0.737. The van der Waals surface area contributed by atoms with E-state index in [1.807, 2.05) is 6.92 Å². The maximum atomic E-state index is 12.0. The standard InChI is InChI=1S/C12H21N3O3/c1-7(2)5-8(3)15(4)10(16)6-9-11(17)14-12(18)13-9/h7-9H,5-6H2,1-4H3,(H2,13,14,17,18)/t8-,9-/m1/s1. The van der Waals surface area contributed by atoms with Crippen molar-refractivity contribution in [2.24, 2.45) is 5.92 Å². The molecular weight excluding hydrogens is 234 g/mol. The molecule has 0 aromatic heterocycles. The zero-order valence-corrected chi connectivity index (χ0v) is 11.3. The summed E-state index contributed by atoms with van der Waals surface area (Å²) in [5, 5.41) is 4.53. The van der Waals surface area contributed by atoms with E-state index in [0.29, 0.717) is 5.92 Å². The summed E-state index contributed by atoms with van der Waals surface area (Å²) in [4.78, 5) is 35.9. The number of hydrogen-bond donors (Lipinski definition) is 2. The topological polar surface area (TPSA) is 78.5 Å². The van der Waals surface area contributed by atoms with Crippen LogP contribution >= 0.6 is 0 Å². The number of urea groups is 1. The van der Waals surface area contributed by atoms with Gasteiger partial charge in [-0.25, -0.2) is 4.79 Å². The first-order valence-electron chi connectivity index (χ1n) is 6.18. The molecule has 1 aliphatic rings. The van der Waals surface area contributed by atoms with Gasteiger partial charge < -0.3 is 10.2 Å². The van der Waals surface area contributed by atoms with Crippen LogP contribution in [0.25, 0.3) is 0 Å². The van der Waals surface area contributed by atoms with Crippen LogP contribution < -0.4 is 10.6 Å². The van der Waals surface area contributed by atoms with Gasteiger partial charge in [0.15, 0.2) is 0 Å². The minimum Gasteiger partial charge on any atom is -0.343 e. The molecular formula is C12H21N3O3. The quantitative estimate of drug-likeness (QED) is 0.701. The van der Waals surface area contributed by atoms with E-state index >= 15 is 0 Å². The Morgan fingerprint density at radius 1 is 1.33 bits per heavy atom. The highest BCUT2D eigenvalue weighted by Gasteiger charge is 2.32. The molecule has 2 atom stereocenters. The van der Waals surface area contributed by atoms with E-state index in [2.05, 4.69) is 24.5 Å². The summed E-state index contributed by atoms with van der Waals surface area (Å²) in [6.07, 6.45) is 0.919. The van der Waals surface area contributed by atoms with Crippen LogP contribution in [0.15, 0.2) is 0 Å². The largest absolute Gasteiger partial charge is 0.343 e. The summed E-state index contributed by atoms with van der Waals surface area (Å²) >= 11 is 0. The Labute approximate surface area is 107 Å². The van der Waals surface area contributed by atoms with Crippen molar-refractivity contribution in [2.45, 2.75) is 45.7 Å². The van der Waals surface area contributed by atoms with Crippen LogP contribution in [0, 0.1) is 5.92 Å². The molecule has 1 rings (SSSR count). The maximum absolute atomic E-state index is 12.0. The van der Waals surface area contributed by atoms with Gasteiger partial charge in [0.25, 0.3) is 5.91 Å². The van der Waals surface area contributed by atoms with Crippen molar-refractivity contribution in [3.63, 3.8) is 0 Å². The number of rotatable bonds is 5. The normalized spacial score (nSPS) is 20.6. The molecule has 0 saturated carbocycles. The van der Waals surface area contributed by atoms with Crippen molar-refractivity contribution >= 4 is 17.8 Å². The van der Waals surface area contributed by atoms with E-state index in [1.165, 1.54) is 0 Å². The first-order valence-corrected chi connectivity index (χ1v) is 6.18. The van der Waals surface area contributed by atoms with Gasteiger partial charge in [-0.3, -0.25) is 14.9 Å². The third-order valence-corrected chi connectivity index (χ3v) is 3.10. The number of carbonyl (C=O) groups excluding carboxylic acids is 3. The molecule has 0 unspecified atom stereocenters. The Hall–Kier alpha value is -1.59. The second-order valence-electron chi connectivity index (χ2n) is 5.20. The predicted molar refractivity (Wildman–Crippen MR) is 66.8 cm³/mol. The molecule has 6 heteroatoms. The van der Waals surface area contributed by atoms with E-state index in [-0.39, 0.29) is 18.4 Å². The van der Waals surface area contributed by atoms with E-state index < -0.39 is 18.0 Å². The van der Waals surface area contributed by atoms with Gasteiger partial charge >= 0.3 is 6.03 Å². The average molecular weight is 255 g/mol. The SMILES string of the molecule is CC(C)C[C@@H](C)N(C)C(=O)C[C@H]1NC(=O)NC1=O. The first kappa shape index (κ1) is 14.5. The van der Waals surface area contributed by atoms with Crippen molar-refractivity contribution < 1.29 is 14.4 Å². The monoisotopic (exact) mass is 255 g/mol. The zero-order valence-electron chi connectivity index (χ0n) is 11.3. The molecule has 1 saturated heterocycles. The van der Waals surface area contributed by atoms with E-state index in [9.17, 15) is 14.4 Å². The van der Waals surface area contributed by atoms with Gasteiger partial charge in [-0.1, -0.05) is 13.8 Å². The molecule has 0 aromatic carbocycles. The van der Waals surface area contributed by atoms with Crippen LogP contribution in [-0.2, 0) is 9.59 Å². The highest BCUT2D eigenvalue weighted by molar-refractivity contribution is 6.05. The minimum absolute atomic E-state index is 0.0104. The van der Waals surface area contributed by atoms with Crippen molar-refractivity contribution in [3.05, 3.63) is 0 Å². The van der Waals surface area contributed by atoms with Gasteiger partial charge in [0.05, 0.1) is 6.42 Å². The van der Waals surface area contributed by atoms with Gasteiger partial charge in [0.2, 0.25) is 5.91 Å². The van der Waals surface area contributed by atoms with Gasteiger partial charge in [-0.2, -0.15) is 0 Å². The molecule has 2 N–H and O–H groups in total. The van der Waals surface area contributed by atoms with Crippen molar-refractivity contribution in [3.8, 4) is 0 Å². The van der Waals surface area contributed by atoms with Crippen LogP contribution in [0.3, 0.4) is 0 Å². The van der Waals surface area contributed by atoms with Crippen LogP contribution in [-0.4, -0.2) is 41.9 Å². The summed E-state index contributed by atoms with van der Waals surface area (Å²) in [6, 6.07) is -1.15. The summed E-state index contributed by atoms with van der Waals surface area (Å²) in [5.74, 6) is -0.0616. The Morgan fingerprint density at radius 2 is 1.94 bits per heavy atom.